The molecule has 0 bridgehead atoms. The molecule has 0 unspecified atom stereocenters. The van der Waals surface area contributed by atoms with Crippen molar-refractivity contribution in [3.8, 4) is 0 Å². The first kappa shape index (κ1) is 21.2. The van der Waals surface area contributed by atoms with Gasteiger partial charge in [-0.25, -0.2) is 8.42 Å². The monoisotopic (exact) mass is 453 g/mol. The van der Waals surface area contributed by atoms with Crippen LogP contribution < -0.4 is 0 Å². The zero-order valence-electron chi connectivity index (χ0n) is 18.1. The van der Waals surface area contributed by atoms with E-state index < -0.39 is 28.1 Å². The van der Waals surface area contributed by atoms with Crippen molar-refractivity contribution in [3.05, 3.63) is 65.9 Å². The van der Waals surface area contributed by atoms with Crippen molar-refractivity contribution in [2.75, 3.05) is 13.6 Å². The summed E-state index contributed by atoms with van der Waals surface area (Å²) in [4.78, 5) is 19.0. The summed E-state index contributed by atoms with van der Waals surface area (Å²) in [6, 6.07) is 15.4. The minimum atomic E-state index is -3.83. The van der Waals surface area contributed by atoms with Gasteiger partial charge in [0.1, 0.15) is 0 Å². The lowest BCUT2D eigenvalue weighted by molar-refractivity contribution is -0.150. The highest BCUT2D eigenvalue weighted by atomic mass is 32.2. The summed E-state index contributed by atoms with van der Waals surface area (Å²) in [6.45, 7) is 2.13. The van der Waals surface area contributed by atoms with Crippen molar-refractivity contribution in [2.24, 2.45) is 5.92 Å². The van der Waals surface area contributed by atoms with Gasteiger partial charge in [-0.3, -0.25) is 4.79 Å². The number of nitrogens with zero attached hydrogens (tertiary/aromatic N) is 2. The van der Waals surface area contributed by atoms with E-state index in [2.05, 4.69) is 11.1 Å². The molecule has 0 spiro atoms. The Hall–Kier alpha value is -2.68. The van der Waals surface area contributed by atoms with Crippen LogP contribution in [0.1, 0.15) is 30.6 Å². The molecule has 5 rings (SSSR count). The van der Waals surface area contributed by atoms with Crippen molar-refractivity contribution in [1.29, 1.82) is 0 Å². The lowest BCUT2D eigenvalue weighted by atomic mass is 9.80. The number of aromatic amines is 1. The fraction of sp³-hybridized carbons (Fsp3) is 0.375. The molecular weight excluding hydrogens is 426 g/mol. The van der Waals surface area contributed by atoms with Crippen LogP contribution in [0.5, 0.6) is 0 Å². The number of fused-ring (bicyclic) bond motifs is 5. The molecule has 2 aromatic carbocycles. The van der Waals surface area contributed by atoms with Gasteiger partial charge in [-0.2, -0.15) is 4.31 Å². The molecule has 2 N–H and O–H groups in total. The Bertz CT molecular complexity index is 1270. The van der Waals surface area contributed by atoms with E-state index in [4.69, 9.17) is 0 Å². The van der Waals surface area contributed by atoms with Gasteiger partial charge in [-0.05, 0) is 43.5 Å². The lowest BCUT2D eigenvalue weighted by Gasteiger charge is -2.48. The van der Waals surface area contributed by atoms with Gasteiger partial charge >= 0.3 is 0 Å². The van der Waals surface area contributed by atoms with Gasteiger partial charge in [-0.15, -0.1) is 0 Å². The SMILES string of the molecule is C[C@H](O)[C@@H]1C(=O)N2CCc3c([nH]c4ccccc34)[C@@H]2C[C@@H]1N(C)S(=O)(=O)c1ccccc1. The van der Waals surface area contributed by atoms with Gasteiger partial charge in [0.2, 0.25) is 15.9 Å². The predicted octanol–water partition coefficient (Wildman–Crippen LogP) is 2.68. The van der Waals surface area contributed by atoms with Crippen molar-refractivity contribution in [3.63, 3.8) is 0 Å². The summed E-state index contributed by atoms with van der Waals surface area (Å²) in [6.07, 6.45) is 0.187. The highest BCUT2D eigenvalue weighted by Crippen LogP contribution is 2.44. The Morgan fingerprint density at radius 2 is 1.81 bits per heavy atom. The second-order valence-corrected chi connectivity index (χ2v) is 10.8. The zero-order valence-corrected chi connectivity index (χ0v) is 18.9. The average molecular weight is 454 g/mol. The highest BCUT2D eigenvalue weighted by molar-refractivity contribution is 7.89. The van der Waals surface area contributed by atoms with Crippen LogP contribution in [-0.4, -0.2) is 59.4 Å². The number of nitrogens with one attached hydrogen (secondary N) is 1. The van der Waals surface area contributed by atoms with E-state index in [1.54, 1.807) is 37.3 Å². The molecule has 4 atom stereocenters. The van der Waals surface area contributed by atoms with Crippen LogP contribution in [-0.2, 0) is 21.2 Å². The summed E-state index contributed by atoms with van der Waals surface area (Å²) >= 11 is 0. The number of aliphatic hydroxyl groups excluding tert-OH is 1. The third kappa shape index (κ3) is 3.17. The van der Waals surface area contributed by atoms with Gasteiger partial charge in [0, 0.05) is 36.2 Å². The molecule has 0 aliphatic carbocycles. The number of benzene rings is 2. The number of amides is 1. The molecule has 1 fully saturated rings. The fourth-order valence-corrected chi connectivity index (χ4v) is 6.81. The maximum Gasteiger partial charge on any atom is 0.243 e. The molecule has 2 aliphatic rings. The summed E-state index contributed by atoms with van der Waals surface area (Å²) in [7, 11) is -2.31. The molecule has 3 heterocycles. The Labute approximate surface area is 187 Å². The molecular formula is C24H27N3O4S. The number of para-hydroxylation sites is 1. The maximum absolute atomic E-state index is 13.5. The normalized spacial score (nSPS) is 24.4. The first-order chi connectivity index (χ1) is 15.3. The van der Waals surface area contributed by atoms with E-state index in [-0.39, 0.29) is 16.8 Å². The molecule has 1 amide bonds. The largest absolute Gasteiger partial charge is 0.393 e. The average Bonchev–Trinajstić information content (AvgIpc) is 3.18. The van der Waals surface area contributed by atoms with E-state index >= 15 is 0 Å². The number of rotatable bonds is 4. The molecule has 1 saturated heterocycles. The minimum absolute atomic E-state index is 0.177. The van der Waals surface area contributed by atoms with Crippen LogP contribution in [0.4, 0.5) is 0 Å². The van der Waals surface area contributed by atoms with E-state index in [9.17, 15) is 18.3 Å². The van der Waals surface area contributed by atoms with Crippen molar-refractivity contribution in [2.45, 2.75) is 42.8 Å². The van der Waals surface area contributed by atoms with Crippen LogP contribution in [0.15, 0.2) is 59.5 Å². The van der Waals surface area contributed by atoms with Gasteiger partial charge < -0.3 is 15.0 Å². The van der Waals surface area contributed by atoms with Gasteiger partial charge in [0.25, 0.3) is 0 Å². The topological polar surface area (TPSA) is 93.7 Å². The molecule has 1 aromatic heterocycles. The number of hydrogen-bond donors (Lipinski definition) is 2. The summed E-state index contributed by atoms with van der Waals surface area (Å²) in [5.74, 6) is -1.01. The molecule has 7 nitrogen and oxygen atoms in total. The number of piperidine rings is 1. The maximum atomic E-state index is 13.5. The third-order valence-electron chi connectivity index (χ3n) is 7.01. The molecule has 0 saturated carbocycles. The molecule has 3 aromatic rings. The fourth-order valence-electron chi connectivity index (χ4n) is 5.40. The van der Waals surface area contributed by atoms with E-state index in [0.29, 0.717) is 13.0 Å². The van der Waals surface area contributed by atoms with E-state index in [0.717, 1.165) is 23.0 Å². The molecule has 0 radical (unpaired) electrons. The third-order valence-corrected chi connectivity index (χ3v) is 8.91. The lowest BCUT2D eigenvalue weighted by Crippen LogP contribution is -2.59. The molecule has 32 heavy (non-hydrogen) atoms. The Morgan fingerprint density at radius 3 is 2.53 bits per heavy atom. The Balaban J connectivity index is 1.58. The number of H-pyrrole nitrogens is 1. The number of carbonyl (C=O) groups excluding carboxylic acids is 1. The molecule has 2 aliphatic heterocycles. The van der Waals surface area contributed by atoms with E-state index in [1.165, 1.54) is 16.9 Å². The number of carbonyl (C=O) groups is 1. The number of hydrogen-bond acceptors (Lipinski definition) is 4. The highest BCUT2D eigenvalue weighted by Gasteiger charge is 2.50. The quantitative estimate of drug-likeness (QED) is 0.635. The van der Waals surface area contributed by atoms with Crippen LogP contribution >= 0.6 is 0 Å². The van der Waals surface area contributed by atoms with Crippen molar-refractivity contribution in [1.82, 2.24) is 14.2 Å². The van der Waals surface area contributed by atoms with E-state index in [1.807, 2.05) is 23.1 Å². The standard InChI is InChI=1S/C24H27N3O4S/c1-15(28)22-20(26(2)32(30,31)16-8-4-3-5-9-16)14-21-23-18(12-13-27(21)24(22)29)17-10-6-7-11-19(17)25-23/h3-11,15,20-22,25,28H,12-14H2,1-2H3/t15-,20-,21-,22-/m0/s1. The summed E-state index contributed by atoms with van der Waals surface area (Å²) in [5.41, 5.74) is 3.19. The first-order valence-electron chi connectivity index (χ1n) is 10.9. The van der Waals surface area contributed by atoms with Crippen molar-refractivity contribution < 1.29 is 18.3 Å². The summed E-state index contributed by atoms with van der Waals surface area (Å²) in [5, 5.41) is 11.7. The minimum Gasteiger partial charge on any atom is -0.393 e. The van der Waals surface area contributed by atoms with Crippen molar-refractivity contribution >= 4 is 26.8 Å². The van der Waals surface area contributed by atoms with Gasteiger partial charge in [0.15, 0.2) is 0 Å². The Kier molecular flexibility index (Phi) is 5.11. The number of aliphatic hydroxyl groups is 1. The Morgan fingerprint density at radius 1 is 1.12 bits per heavy atom. The zero-order chi connectivity index (χ0) is 22.6. The smallest absolute Gasteiger partial charge is 0.243 e. The van der Waals surface area contributed by atoms with Gasteiger partial charge in [0.05, 0.1) is 23.0 Å². The van der Waals surface area contributed by atoms with Crippen LogP contribution in [0.2, 0.25) is 0 Å². The predicted molar refractivity (Wildman–Crippen MR) is 121 cm³/mol. The molecule has 8 heteroatoms. The second kappa shape index (κ2) is 7.72. The van der Waals surface area contributed by atoms with Gasteiger partial charge in [-0.1, -0.05) is 36.4 Å². The summed E-state index contributed by atoms with van der Waals surface area (Å²) < 4.78 is 28.0. The number of aromatic nitrogens is 1. The number of sulfonamides is 1. The van der Waals surface area contributed by atoms with Crippen LogP contribution in [0.3, 0.4) is 0 Å². The van der Waals surface area contributed by atoms with Crippen LogP contribution in [0.25, 0.3) is 10.9 Å². The molecule has 168 valence electrons. The van der Waals surface area contributed by atoms with Crippen LogP contribution in [0, 0.1) is 5.92 Å². The second-order valence-electron chi connectivity index (χ2n) is 8.76. The first-order valence-corrected chi connectivity index (χ1v) is 12.4.